The Balaban J connectivity index is 3.40. The summed E-state index contributed by atoms with van der Waals surface area (Å²) in [6.45, 7) is 18.4. The Bertz CT molecular complexity index is 788. The number of carbonyl (C=O) groups is 3. The molecule has 1 N–H and O–H groups in total. The molecule has 0 spiro atoms. The molecular formula is C26H42N2O6. The highest BCUT2D eigenvalue weighted by molar-refractivity contribution is 5.81. The Labute approximate surface area is 204 Å². The zero-order chi connectivity index (χ0) is 26.1. The van der Waals surface area contributed by atoms with E-state index in [1.807, 2.05) is 44.7 Å². The average molecular weight is 479 g/mol. The van der Waals surface area contributed by atoms with Gasteiger partial charge in [-0.05, 0) is 60.8 Å². The van der Waals surface area contributed by atoms with E-state index in [-0.39, 0.29) is 30.8 Å². The number of rotatable bonds is 10. The summed E-state index contributed by atoms with van der Waals surface area (Å²) in [5, 5.41) is 2.73. The molecule has 1 fully saturated rings. The molecule has 34 heavy (non-hydrogen) atoms. The van der Waals surface area contributed by atoms with Crippen molar-refractivity contribution < 1.29 is 28.6 Å². The van der Waals surface area contributed by atoms with Crippen molar-refractivity contribution in [3.05, 3.63) is 36.8 Å². The Morgan fingerprint density at radius 1 is 1.12 bits per heavy atom. The first kappa shape index (κ1) is 29.4. The van der Waals surface area contributed by atoms with Crippen LogP contribution in [0, 0.1) is 5.92 Å². The van der Waals surface area contributed by atoms with Crippen LogP contribution in [0.2, 0.25) is 0 Å². The number of allylic oxidation sites excluding steroid dienone is 1. The van der Waals surface area contributed by atoms with E-state index >= 15 is 0 Å². The minimum absolute atomic E-state index is 0.0673. The molecule has 1 rings (SSSR count). The van der Waals surface area contributed by atoms with Crippen LogP contribution in [0.5, 0.6) is 0 Å². The molecule has 8 heteroatoms. The first-order valence-electron chi connectivity index (χ1n) is 11.7. The van der Waals surface area contributed by atoms with Gasteiger partial charge in [0.1, 0.15) is 36.2 Å². The van der Waals surface area contributed by atoms with E-state index in [9.17, 15) is 14.4 Å². The van der Waals surface area contributed by atoms with Crippen LogP contribution in [0.3, 0.4) is 0 Å². The van der Waals surface area contributed by atoms with E-state index in [0.29, 0.717) is 18.7 Å². The Hall–Kier alpha value is -2.61. The molecule has 1 amide bonds. The molecule has 0 aromatic rings. The van der Waals surface area contributed by atoms with Gasteiger partial charge in [-0.3, -0.25) is 19.3 Å². The van der Waals surface area contributed by atoms with Crippen LogP contribution in [0.1, 0.15) is 68.2 Å². The van der Waals surface area contributed by atoms with Gasteiger partial charge in [-0.25, -0.2) is 0 Å². The molecule has 1 saturated heterocycles. The summed E-state index contributed by atoms with van der Waals surface area (Å²) in [6, 6.07) is -1.47. The molecule has 2 unspecified atom stereocenters. The maximum absolute atomic E-state index is 13.4. The topological polar surface area (TPSA) is 94.2 Å². The number of esters is 2. The summed E-state index contributed by atoms with van der Waals surface area (Å²) < 4.78 is 16.8. The summed E-state index contributed by atoms with van der Waals surface area (Å²) in [4.78, 5) is 40.2. The second kappa shape index (κ2) is 12.7. The summed E-state index contributed by atoms with van der Waals surface area (Å²) in [7, 11) is 0. The first-order valence-corrected chi connectivity index (χ1v) is 11.7. The predicted molar refractivity (Wildman–Crippen MR) is 132 cm³/mol. The first-order chi connectivity index (χ1) is 15.7. The number of hydrogen-bond acceptors (Lipinski definition) is 7. The van der Waals surface area contributed by atoms with Crippen LogP contribution in [-0.2, 0) is 28.6 Å². The highest BCUT2D eigenvalue weighted by Gasteiger charge is 2.45. The van der Waals surface area contributed by atoms with E-state index in [2.05, 4.69) is 11.9 Å². The predicted octanol–water partition coefficient (Wildman–Crippen LogP) is 3.88. The van der Waals surface area contributed by atoms with Crippen molar-refractivity contribution in [1.29, 1.82) is 0 Å². The molecule has 0 bridgehead atoms. The van der Waals surface area contributed by atoms with E-state index in [1.54, 1.807) is 26.8 Å². The summed E-state index contributed by atoms with van der Waals surface area (Å²) in [5.41, 5.74) is -0.985. The summed E-state index contributed by atoms with van der Waals surface area (Å²) in [5.74, 6) is -1.10. The van der Waals surface area contributed by atoms with Gasteiger partial charge in [0.15, 0.2) is 0 Å². The fourth-order valence-corrected chi connectivity index (χ4v) is 3.74. The summed E-state index contributed by atoms with van der Waals surface area (Å²) >= 11 is 0. The third-order valence-electron chi connectivity index (χ3n) is 4.78. The molecule has 1 aliphatic heterocycles. The lowest BCUT2D eigenvalue weighted by atomic mass is 10.0. The van der Waals surface area contributed by atoms with E-state index in [4.69, 9.17) is 14.2 Å². The average Bonchev–Trinajstić information content (AvgIpc) is 3.06. The zero-order valence-corrected chi connectivity index (χ0v) is 22.0. The van der Waals surface area contributed by atoms with E-state index in [0.717, 1.165) is 0 Å². The lowest BCUT2D eigenvalue weighted by Gasteiger charge is -2.34. The van der Waals surface area contributed by atoms with Crippen molar-refractivity contribution >= 4 is 17.8 Å². The number of hydrogen-bond donors (Lipinski definition) is 1. The van der Waals surface area contributed by atoms with Crippen LogP contribution < -0.4 is 5.32 Å². The molecule has 0 aromatic carbocycles. The minimum Gasteiger partial charge on any atom is -0.495 e. The van der Waals surface area contributed by atoms with Crippen LogP contribution >= 0.6 is 0 Å². The molecule has 1 heterocycles. The smallest absolute Gasteiger partial charge is 0.324 e. The van der Waals surface area contributed by atoms with Crippen LogP contribution in [0.25, 0.3) is 0 Å². The number of nitrogens with zero attached hydrogens (tertiary/aromatic N) is 1. The van der Waals surface area contributed by atoms with E-state index < -0.39 is 29.3 Å². The van der Waals surface area contributed by atoms with Gasteiger partial charge in [0.25, 0.3) is 0 Å². The lowest BCUT2D eigenvalue weighted by molar-refractivity contribution is -0.167. The van der Waals surface area contributed by atoms with Gasteiger partial charge in [-0.15, -0.1) is 0 Å². The molecule has 3 atom stereocenters. The van der Waals surface area contributed by atoms with Crippen molar-refractivity contribution in [1.82, 2.24) is 10.2 Å². The highest BCUT2D eigenvalue weighted by atomic mass is 16.6. The van der Waals surface area contributed by atoms with Gasteiger partial charge < -0.3 is 19.5 Å². The Kier molecular flexibility index (Phi) is 11.0. The fraction of sp³-hybridized carbons (Fsp3) is 0.654. The second-order valence-corrected chi connectivity index (χ2v) is 10.5. The van der Waals surface area contributed by atoms with Crippen molar-refractivity contribution in [2.24, 2.45) is 5.92 Å². The fourth-order valence-electron chi connectivity index (χ4n) is 3.74. The maximum Gasteiger partial charge on any atom is 0.324 e. The molecule has 0 aromatic heterocycles. The standard InChI is InChI=1S/C26H42N2O6/c1-10-12-19-14-21(23(30)33-25(4,5)6)28(16-19)22(24(31)34-26(7,8)9)15-20(27-18(3)29)17-32-13-11-2/h10-12,17,19,21-22H,2,13-16H2,1,3-9H3,(H,27,29)/t19?,21?,22-/m0/s1. The minimum atomic E-state index is -0.836. The van der Waals surface area contributed by atoms with Crippen LogP contribution in [0.4, 0.5) is 0 Å². The van der Waals surface area contributed by atoms with Crippen molar-refractivity contribution in [3.8, 4) is 0 Å². The number of ether oxygens (including phenoxy) is 3. The van der Waals surface area contributed by atoms with Gasteiger partial charge in [-0.2, -0.15) is 0 Å². The van der Waals surface area contributed by atoms with Crippen LogP contribution in [-0.4, -0.2) is 59.2 Å². The SMILES string of the molecule is C=CCOC=C(C[C@@H](C(=O)OC(C)(C)C)N1CC(C=CC)CC1C(=O)OC(C)(C)C)NC(C)=O. The quantitative estimate of drug-likeness (QED) is 0.220. The molecule has 1 aliphatic rings. The third kappa shape index (κ3) is 10.5. The number of carbonyl (C=O) groups excluding carboxylic acids is 3. The largest absolute Gasteiger partial charge is 0.495 e. The van der Waals surface area contributed by atoms with Gasteiger partial charge in [-0.1, -0.05) is 24.8 Å². The lowest BCUT2D eigenvalue weighted by Crippen LogP contribution is -2.51. The molecule has 192 valence electrons. The highest BCUT2D eigenvalue weighted by Crippen LogP contribution is 2.31. The number of nitrogens with one attached hydrogen (secondary N) is 1. The van der Waals surface area contributed by atoms with Gasteiger partial charge in [0.05, 0.1) is 5.70 Å². The maximum atomic E-state index is 13.4. The number of likely N-dealkylation sites (tertiary alicyclic amines) is 1. The summed E-state index contributed by atoms with van der Waals surface area (Å²) in [6.07, 6.45) is 7.56. The Morgan fingerprint density at radius 2 is 1.74 bits per heavy atom. The molecule has 0 saturated carbocycles. The van der Waals surface area contributed by atoms with E-state index in [1.165, 1.54) is 13.2 Å². The third-order valence-corrected chi connectivity index (χ3v) is 4.78. The zero-order valence-electron chi connectivity index (χ0n) is 22.0. The molecule has 0 radical (unpaired) electrons. The van der Waals surface area contributed by atoms with Gasteiger partial charge >= 0.3 is 11.9 Å². The van der Waals surface area contributed by atoms with Crippen molar-refractivity contribution in [2.45, 2.75) is 91.5 Å². The van der Waals surface area contributed by atoms with Crippen molar-refractivity contribution in [3.63, 3.8) is 0 Å². The van der Waals surface area contributed by atoms with Gasteiger partial charge in [0.2, 0.25) is 5.91 Å². The molecular weight excluding hydrogens is 436 g/mol. The second-order valence-electron chi connectivity index (χ2n) is 10.5. The normalized spacial score (nSPS) is 20.6. The monoisotopic (exact) mass is 478 g/mol. The number of amides is 1. The Morgan fingerprint density at radius 3 is 2.24 bits per heavy atom. The molecule has 0 aliphatic carbocycles. The van der Waals surface area contributed by atoms with Crippen LogP contribution in [0.15, 0.2) is 36.8 Å². The van der Waals surface area contributed by atoms with Crippen molar-refractivity contribution in [2.75, 3.05) is 13.2 Å². The molecule has 8 nitrogen and oxygen atoms in total. The van der Waals surface area contributed by atoms with Gasteiger partial charge in [0, 0.05) is 19.9 Å².